The second kappa shape index (κ2) is 3.66. The highest BCUT2D eigenvalue weighted by Gasteiger charge is 1.97. The molecule has 2 heteroatoms. The lowest BCUT2D eigenvalue weighted by Gasteiger charge is -1.94. The van der Waals surface area contributed by atoms with Crippen LogP contribution in [0.4, 0.5) is 0 Å². The number of nitrogens with zero attached hydrogens (tertiary/aromatic N) is 2. The molecule has 0 aromatic rings. The lowest BCUT2D eigenvalue weighted by Crippen LogP contribution is -1.77. The van der Waals surface area contributed by atoms with Gasteiger partial charge in [0.05, 0.1) is 11.4 Å². The Morgan fingerprint density at radius 3 is 1.82 bits per heavy atom. The zero-order valence-corrected chi connectivity index (χ0v) is 6.33. The number of hydrogen-bond donors (Lipinski definition) is 0. The molecule has 11 heavy (non-hydrogen) atoms. The molecule has 0 amide bonds. The molecule has 56 valence electrons. The van der Waals surface area contributed by atoms with Gasteiger partial charge in [0, 0.05) is 0 Å². The van der Waals surface area contributed by atoms with Crippen LogP contribution in [0.5, 0.6) is 0 Å². The zero-order valence-electron chi connectivity index (χ0n) is 6.33. The second-order valence-corrected chi connectivity index (χ2v) is 2.13. The van der Waals surface area contributed by atoms with Crippen LogP contribution in [0.15, 0.2) is 45.7 Å². The Kier molecular flexibility index (Phi) is 2.55. The van der Waals surface area contributed by atoms with Crippen molar-refractivity contribution in [3.05, 3.63) is 35.7 Å². The van der Waals surface area contributed by atoms with Gasteiger partial charge in [-0.3, -0.25) is 9.98 Å². The smallest absolute Gasteiger partial charge is 0.0875 e. The van der Waals surface area contributed by atoms with E-state index in [1.165, 1.54) is 0 Å². The maximum atomic E-state index is 3.82. The first-order valence-electron chi connectivity index (χ1n) is 3.39. The highest BCUT2D eigenvalue weighted by Crippen LogP contribution is 2.13. The van der Waals surface area contributed by atoms with E-state index in [0.717, 1.165) is 17.8 Å². The van der Waals surface area contributed by atoms with Gasteiger partial charge in [0.15, 0.2) is 0 Å². The van der Waals surface area contributed by atoms with Crippen LogP contribution in [0, 0.1) is 0 Å². The van der Waals surface area contributed by atoms with Crippen molar-refractivity contribution in [1.82, 2.24) is 0 Å². The molecule has 0 heterocycles. The predicted molar refractivity (Wildman–Crippen MR) is 49.0 cm³/mol. The minimum absolute atomic E-state index is 0.786. The van der Waals surface area contributed by atoms with Crippen molar-refractivity contribution in [2.45, 2.75) is 6.42 Å². The summed E-state index contributed by atoms with van der Waals surface area (Å²) in [5.41, 5.74) is 1.57. The molecule has 1 rings (SSSR count). The Morgan fingerprint density at radius 2 is 1.45 bits per heavy atom. The lowest BCUT2D eigenvalue weighted by atomic mass is 10.3. The highest BCUT2D eigenvalue weighted by atomic mass is 14.8. The Labute approximate surface area is 66.4 Å². The molecule has 0 bridgehead atoms. The van der Waals surface area contributed by atoms with Gasteiger partial charge in [-0.15, -0.1) is 0 Å². The van der Waals surface area contributed by atoms with Crippen LogP contribution < -0.4 is 0 Å². The fourth-order valence-corrected chi connectivity index (χ4v) is 0.876. The summed E-state index contributed by atoms with van der Waals surface area (Å²) >= 11 is 0. The quantitative estimate of drug-likeness (QED) is 0.533. The van der Waals surface area contributed by atoms with Crippen LogP contribution in [-0.4, -0.2) is 13.4 Å². The standard InChI is InChI=1S/C9H10N2/c1-10-8-6-4-3-5-7-9(8)11-2/h4-7H,1-3H2. The van der Waals surface area contributed by atoms with Gasteiger partial charge in [0.25, 0.3) is 0 Å². The molecular formula is C9H10N2. The molecule has 0 saturated heterocycles. The molecule has 1 aliphatic carbocycles. The van der Waals surface area contributed by atoms with Crippen molar-refractivity contribution in [3.63, 3.8) is 0 Å². The van der Waals surface area contributed by atoms with E-state index in [4.69, 9.17) is 0 Å². The topological polar surface area (TPSA) is 24.7 Å². The summed E-state index contributed by atoms with van der Waals surface area (Å²) in [6.45, 7) is 6.89. The Morgan fingerprint density at radius 1 is 1.00 bits per heavy atom. The average molecular weight is 146 g/mol. The third-order valence-electron chi connectivity index (χ3n) is 1.43. The van der Waals surface area contributed by atoms with Crippen LogP contribution in [0.3, 0.4) is 0 Å². The monoisotopic (exact) mass is 146 g/mol. The second-order valence-electron chi connectivity index (χ2n) is 2.13. The molecule has 0 radical (unpaired) electrons. The summed E-state index contributed by atoms with van der Waals surface area (Å²) in [6.07, 6.45) is 8.74. The number of rotatable bonds is 2. The number of aliphatic imine (C=N–C) groups is 2. The van der Waals surface area contributed by atoms with Gasteiger partial charge in [0.2, 0.25) is 0 Å². The van der Waals surface area contributed by atoms with Crippen molar-refractivity contribution in [1.29, 1.82) is 0 Å². The minimum Gasteiger partial charge on any atom is -0.262 e. The molecule has 2 nitrogen and oxygen atoms in total. The lowest BCUT2D eigenvalue weighted by molar-refractivity contribution is 1.30. The van der Waals surface area contributed by atoms with E-state index in [0.29, 0.717) is 0 Å². The molecular weight excluding hydrogens is 136 g/mol. The zero-order chi connectivity index (χ0) is 8.10. The van der Waals surface area contributed by atoms with E-state index in [9.17, 15) is 0 Å². The summed E-state index contributed by atoms with van der Waals surface area (Å²) in [5, 5.41) is 0. The maximum absolute atomic E-state index is 3.82. The summed E-state index contributed by atoms with van der Waals surface area (Å²) < 4.78 is 0. The van der Waals surface area contributed by atoms with Crippen LogP contribution >= 0.6 is 0 Å². The Hall–Kier alpha value is -1.44. The molecule has 1 aliphatic rings. The third kappa shape index (κ3) is 1.74. The maximum Gasteiger partial charge on any atom is 0.0875 e. The van der Waals surface area contributed by atoms with E-state index in [-0.39, 0.29) is 0 Å². The Balaban J connectivity index is 3.08. The molecule has 0 aliphatic heterocycles. The van der Waals surface area contributed by atoms with Gasteiger partial charge in [-0.25, -0.2) is 0 Å². The third-order valence-corrected chi connectivity index (χ3v) is 1.43. The van der Waals surface area contributed by atoms with E-state index >= 15 is 0 Å². The van der Waals surface area contributed by atoms with Gasteiger partial charge >= 0.3 is 0 Å². The van der Waals surface area contributed by atoms with Gasteiger partial charge in [-0.05, 0) is 32.0 Å². The van der Waals surface area contributed by atoms with Gasteiger partial charge in [0.1, 0.15) is 0 Å². The molecule has 0 atom stereocenters. The van der Waals surface area contributed by atoms with Crippen molar-refractivity contribution < 1.29 is 0 Å². The average Bonchev–Trinajstić information content (AvgIpc) is 2.27. The molecule has 0 aromatic carbocycles. The van der Waals surface area contributed by atoms with Crippen LogP contribution in [0.25, 0.3) is 0 Å². The SMILES string of the molecule is C=NC1=C(N=C)C=CCC=C1. The highest BCUT2D eigenvalue weighted by molar-refractivity contribution is 5.44. The molecule has 0 saturated carbocycles. The normalized spacial score (nSPS) is 16.4. The largest absolute Gasteiger partial charge is 0.262 e. The van der Waals surface area contributed by atoms with Crippen LogP contribution in [-0.2, 0) is 0 Å². The van der Waals surface area contributed by atoms with Crippen molar-refractivity contribution in [2.75, 3.05) is 0 Å². The van der Waals surface area contributed by atoms with Gasteiger partial charge in [-0.1, -0.05) is 12.2 Å². The first kappa shape index (κ1) is 7.66. The fraction of sp³-hybridized carbons (Fsp3) is 0.111. The molecule has 0 N–H and O–H groups in total. The van der Waals surface area contributed by atoms with Crippen molar-refractivity contribution in [3.8, 4) is 0 Å². The van der Waals surface area contributed by atoms with Crippen LogP contribution in [0.2, 0.25) is 0 Å². The Bertz CT molecular complexity index is 231. The number of hydrogen-bond acceptors (Lipinski definition) is 2. The molecule has 0 aromatic heterocycles. The molecule has 0 spiro atoms. The summed E-state index contributed by atoms with van der Waals surface area (Å²) in [6, 6.07) is 0. The summed E-state index contributed by atoms with van der Waals surface area (Å²) in [7, 11) is 0. The van der Waals surface area contributed by atoms with Crippen molar-refractivity contribution >= 4 is 13.4 Å². The summed E-state index contributed by atoms with van der Waals surface area (Å²) in [4.78, 5) is 7.64. The fourth-order valence-electron chi connectivity index (χ4n) is 0.876. The van der Waals surface area contributed by atoms with E-state index < -0.39 is 0 Å². The minimum atomic E-state index is 0.786. The van der Waals surface area contributed by atoms with Crippen LogP contribution in [0.1, 0.15) is 6.42 Å². The van der Waals surface area contributed by atoms with E-state index in [1.54, 1.807) is 0 Å². The first-order valence-corrected chi connectivity index (χ1v) is 3.39. The molecule has 0 fully saturated rings. The summed E-state index contributed by atoms with van der Waals surface area (Å²) in [5.74, 6) is 0. The van der Waals surface area contributed by atoms with Gasteiger partial charge < -0.3 is 0 Å². The first-order chi connectivity index (χ1) is 5.38. The van der Waals surface area contributed by atoms with Crippen molar-refractivity contribution in [2.24, 2.45) is 9.98 Å². The van der Waals surface area contributed by atoms with Gasteiger partial charge in [-0.2, -0.15) is 0 Å². The number of allylic oxidation sites excluding steroid dienone is 4. The van der Waals surface area contributed by atoms with E-state index in [2.05, 4.69) is 23.4 Å². The predicted octanol–water partition coefficient (Wildman–Crippen LogP) is 2.12. The molecule has 0 unspecified atom stereocenters. The van der Waals surface area contributed by atoms with E-state index in [1.807, 2.05) is 24.3 Å².